The lowest BCUT2D eigenvalue weighted by molar-refractivity contribution is 0.222. The molecule has 0 heterocycles. The summed E-state index contributed by atoms with van der Waals surface area (Å²) in [6.45, 7) is 8.13. The molecule has 0 rings (SSSR count). The third-order valence-corrected chi connectivity index (χ3v) is 1.81. The highest BCUT2D eigenvalue weighted by molar-refractivity contribution is 5.23. The van der Waals surface area contributed by atoms with Crippen LogP contribution in [0.1, 0.15) is 34.1 Å². The molecule has 0 fully saturated rings. The quantitative estimate of drug-likeness (QED) is 0.386. The van der Waals surface area contributed by atoms with Gasteiger partial charge in [-0.3, -0.25) is 0 Å². The van der Waals surface area contributed by atoms with Gasteiger partial charge in [-0.25, -0.2) is 0 Å². The van der Waals surface area contributed by atoms with Crippen molar-refractivity contribution >= 4 is 0 Å². The van der Waals surface area contributed by atoms with Gasteiger partial charge in [0.2, 0.25) is 0 Å². The largest absolute Gasteiger partial charge is 0.416 e. The SMILES string of the molecule is CC/C(C)=C(C)\C=C(/C)ON. The summed E-state index contributed by atoms with van der Waals surface area (Å²) in [5.74, 6) is 5.72. The first kappa shape index (κ1) is 10.2. The van der Waals surface area contributed by atoms with Crippen LogP contribution in [-0.2, 0) is 4.84 Å². The molecule has 0 atom stereocenters. The Morgan fingerprint density at radius 3 is 2.27 bits per heavy atom. The Labute approximate surface area is 68.7 Å². The minimum absolute atomic E-state index is 0.746. The Morgan fingerprint density at radius 2 is 1.91 bits per heavy atom. The topological polar surface area (TPSA) is 35.2 Å². The third kappa shape index (κ3) is 3.83. The molecule has 0 saturated heterocycles. The van der Waals surface area contributed by atoms with Crippen molar-refractivity contribution in [1.82, 2.24) is 0 Å². The van der Waals surface area contributed by atoms with Gasteiger partial charge in [0.1, 0.15) is 5.76 Å². The molecule has 0 aromatic carbocycles. The van der Waals surface area contributed by atoms with E-state index in [1.807, 2.05) is 13.0 Å². The lowest BCUT2D eigenvalue weighted by Crippen LogP contribution is -1.95. The van der Waals surface area contributed by atoms with Gasteiger partial charge in [0.25, 0.3) is 0 Å². The van der Waals surface area contributed by atoms with Crippen molar-refractivity contribution in [2.75, 3.05) is 0 Å². The van der Waals surface area contributed by atoms with Crippen molar-refractivity contribution in [2.24, 2.45) is 5.90 Å². The van der Waals surface area contributed by atoms with Crippen LogP contribution >= 0.6 is 0 Å². The van der Waals surface area contributed by atoms with Crippen LogP contribution < -0.4 is 5.90 Å². The van der Waals surface area contributed by atoms with Crippen LogP contribution in [-0.4, -0.2) is 0 Å². The maximum Gasteiger partial charge on any atom is 0.121 e. The van der Waals surface area contributed by atoms with Gasteiger partial charge in [-0.2, -0.15) is 5.90 Å². The molecular weight excluding hydrogens is 138 g/mol. The molecule has 0 saturated carbocycles. The molecule has 2 N–H and O–H groups in total. The summed E-state index contributed by atoms with van der Waals surface area (Å²) in [7, 11) is 0. The van der Waals surface area contributed by atoms with E-state index in [9.17, 15) is 0 Å². The zero-order valence-corrected chi connectivity index (χ0v) is 7.77. The summed E-state index contributed by atoms with van der Waals surface area (Å²) in [5, 5.41) is 0. The minimum Gasteiger partial charge on any atom is -0.416 e. The Hall–Kier alpha value is -0.760. The fourth-order valence-corrected chi connectivity index (χ4v) is 0.741. The molecule has 0 radical (unpaired) electrons. The van der Waals surface area contributed by atoms with Crippen molar-refractivity contribution in [2.45, 2.75) is 34.1 Å². The maximum absolute atomic E-state index is 4.97. The molecule has 0 spiro atoms. The zero-order valence-electron chi connectivity index (χ0n) is 7.77. The Bertz CT molecular complexity index is 180. The Morgan fingerprint density at radius 1 is 1.36 bits per heavy atom. The second-order valence-corrected chi connectivity index (χ2v) is 2.69. The van der Waals surface area contributed by atoms with Crippen LogP contribution in [0, 0.1) is 0 Å². The van der Waals surface area contributed by atoms with Crippen LogP contribution in [0.25, 0.3) is 0 Å². The van der Waals surface area contributed by atoms with Crippen molar-refractivity contribution in [3.05, 3.63) is 23.0 Å². The standard InChI is InChI=1S/C9H17NO/c1-5-7(2)8(3)6-9(4)11-10/h6H,5,10H2,1-4H3/b8-7-,9-6+. The van der Waals surface area contributed by atoms with Gasteiger partial charge in [0.05, 0.1) is 0 Å². The van der Waals surface area contributed by atoms with Crippen molar-refractivity contribution in [1.29, 1.82) is 0 Å². The normalized spacial score (nSPS) is 14.5. The first-order valence-corrected chi connectivity index (χ1v) is 3.83. The van der Waals surface area contributed by atoms with E-state index in [4.69, 9.17) is 5.90 Å². The van der Waals surface area contributed by atoms with Crippen molar-refractivity contribution < 1.29 is 4.84 Å². The highest BCUT2D eigenvalue weighted by atomic mass is 16.6. The Kier molecular flexibility index (Phi) is 4.62. The third-order valence-electron chi connectivity index (χ3n) is 1.81. The van der Waals surface area contributed by atoms with Gasteiger partial charge in [-0.15, -0.1) is 0 Å². The van der Waals surface area contributed by atoms with Crippen LogP contribution in [0.4, 0.5) is 0 Å². The summed E-state index contributed by atoms with van der Waals surface area (Å²) < 4.78 is 0. The number of hydrogen-bond acceptors (Lipinski definition) is 2. The molecule has 0 aromatic rings. The predicted octanol–water partition coefficient (Wildman–Crippen LogP) is 2.53. The fraction of sp³-hybridized carbons (Fsp3) is 0.556. The molecule has 64 valence electrons. The smallest absolute Gasteiger partial charge is 0.121 e. The van der Waals surface area contributed by atoms with E-state index in [1.54, 1.807) is 0 Å². The minimum atomic E-state index is 0.746. The first-order chi connectivity index (χ1) is 5.11. The predicted molar refractivity (Wildman–Crippen MR) is 47.7 cm³/mol. The molecular formula is C9H17NO. The molecule has 0 aromatic heterocycles. The molecule has 0 aliphatic rings. The second-order valence-electron chi connectivity index (χ2n) is 2.69. The van der Waals surface area contributed by atoms with E-state index >= 15 is 0 Å². The highest BCUT2D eigenvalue weighted by Gasteiger charge is 1.92. The van der Waals surface area contributed by atoms with E-state index in [2.05, 4.69) is 25.6 Å². The van der Waals surface area contributed by atoms with Gasteiger partial charge < -0.3 is 4.84 Å². The van der Waals surface area contributed by atoms with Crippen LogP contribution in [0.5, 0.6) is 0 Å². The first-order valence-electron chi connectivity index (χ1n) is 3.83. The highest BCUT2D eigenvalue weighted by Crippen LogP contribution is 2.10. The lowest BCUT2D eigenvalue weighted by atomic mass is 10.1. The molecule has 2 nitrogen and oxygen atoms in total. The average molecular weight is 155 g/mol. The van der Waals surface area contributed by atoms with Gasteiger partial charge in [-0.05, 0) is 38.8 Å². The van der Waals surface area contributed by atoms with E-state index in [1.165, 1.54) is 11.1 Å². The fourth-order valence-electron chi connectivity index (χ4n) is 0.741. The number of nitrogens with two attached hydrogens (primary N) is 1. The summed E-state index contributed by atoms with van der Waals surface area (Å²) in [4.78, 5) is 4.54. The second kappa shape index (κ2) is 4.97. The number of allylic oxidation sites excluding steroid dienone is 4. The molecule has 0 amide bonds. The maximum atomic E-state index is 4.97. The summed E-state index contributed by atoms with van der Waals surface area (Å²) in [6, 6.07) is 0. The lowest BCUT2D eigenvalue weighted by Gasteiger charge is -2.01. The molecule has 0 bridgehead atoms. The zero-order chi connectivity index (χ0) is 8.85. The van der Waals surface area contributed by atoms with Crippen LogP contribution in [0.3, 0.4) is 0 Å². The summed E-state index contributed by atoms with van der Waals surface area (Å²) in [5.41, 5.74) is 2.59. The van der Waals surface area contributed by atoms with E-state index < -0.39 is 0 Å². The molecule has 0 aliphatic heterocycles. The van der Waals surface area contributed by atoms with Crippen molar-refractivity contribution in [3.8, 4) is 0 Å². The van der Waals surface area contributed by atoms with Gasteiger partial charge in [0, 0.05) is 0 Å². The van der Waals surface area contributed by atoms with E-state index in [0.29, 0.717) is 0 Å². The molecule has 0 unspecified atom stereocenters. The number of hydrogen-bond donors (Lipinski definition) is 1. The van der Waals surface area contributed by atoms with E-state index in [0.717, 1.165) is 12.2 Å². The monoisotopic (exact) mass is 155 g/mol. The molecule has 0 aliphatic carbocycles. The number of rotatable bonds is 3. The molecule has 11 heavy (non-hydrogen) atoms. The molecule has 2 heteroatoms. The van der Waals surface area contributed by atoms with Gasteiger partial charge in [0.15, 0.2) is 0 Å². The Balaban J connectivity index is 4.37. The van der Waals surface area contributed by atoms with Crippen LogP contribution in [0.2, 0.25) is 0 Å². The summed E-state index contributed by atoms with van der Waals surface area (Å²) >= 11 is 0. The van der Waals surface area contributed by atoms with Gasteiger partial charge in [-0.1, -0.05) is 12.5 Å². The van der Waals surface area contributed by atoms with Crippen LogP contribution in [0.15, 0.2) is 23.0 Å². The van der Waals surface area contributed by atoms with Gasteiger partial charge >= 0.3 is 0 Å². The summed E-state index contributed by atoms with van der Waals surface area (Å²) in [6.07, 6.45) is 3.01. The van der Waals surface area contributed by atoms with Crippen molar-refractivity contribution in [3.63, 3.8) is 0 Å². The van der Waals surface area contributed by atoms with E-state index in [-0.39, 0.29) is 0 Å². The average Bonchev–Trinajstić information content (AvgIpc) is 2.02.